The highest BCUT2D eigenvalue weighted by Crippen LogP contribution is 2.36. The molecule has 0 radical (unpaired) electrons. The van der Waals surface area contributed by atoms with E-state index in [-0.39, 0.29) is 6.79 Å². The molecular formula is C14H12ClNO3. The molecule has 0 bridgehead atoms. The topological polar surface area (TPSA) is 40.6 Å². The van der Waals surface area contributed by atoms with Crippen molar-refractivity contribution in [2.75, 3.05) is 6.79 Å². The number of hydrogen-bond acceptors (Lipinski definition) is 4. The third kappa shape index (κ3) is 2.44. The predicted octanol–water partition coefficient (Wildman–Crippen LogP) is 3.65. The van der Waals surface area contributed by atoms with Crippen LogP contribution >= 0.6 is 11.6 Å². The van der Waals surface area contributed by atoms with Gasteiger partial charge in [-0.25, -0.2) is 4.98 Å². The van der Waals surface area contributed by atoms with E-state index in [0.29, 0.717) is 23.3 Å². The van der Waals surface area contributed by atoms with Crippen molar-refractivity contribution in [3.63, 3.8) is 0 Å². The Morgan fingerprint density at radius 1 is 1.26 bits per heavy atom. The molecule has 5 heteroatoms. The maximum atomic E-state index is 5.76. The van der Waals surface area contributed by atoms with Gasteiger partial charge in [-0.05, 0) is 30.7 Å². The SMILES string of the molecule is Cc1cc(CCl)cnc1Oc1ccc2c(c1)OCO2. The molecule has 0 N–H and O–H groups in total. The van der Waals surface area contributed by atoms with Gasteiger partial charge < -0.3 is 14.2 Å². The van der Waals surface area contributed by atoms with Crippen molar-refractivity contribution >= 4 is 11.6 Å². The van der Waals surface area contributed by atoms with Crippen molar-refractivity contribution in [1.82, 2.24) is 4.98 Å². The largest absolute Gasteiger partial charge is 0.454 e. The van der Waals surface area contributed by atoms with E-state index >= 15 is 0 Å². The van der Waals surface area contributed by atoms with E-state index in [1.807, 2.05) is 25.1 Å². The number of hydrogen-bond donors (Lipinski definition) is 0. The number of ether oxygens (including phenoxy) is 3. The lowest BCUT2D eigenvalue weighted by Gasteiger charge is -2.08. The van der Waals surface area contributed by atoms with Gasteiger partial charge in [-0.15, -0.1) is 11.6 Å². The number of nitrogens with zero attached hydrogens (tertiary/aromatic N) is 1. The fraction of sp³-hybridized carbons (Fsp3) is 0.214. The Balaban J connectivity index is 1.85. The van der Waals surface area contributed by atoms with E-state index in [9.17, 15) is 0 Å². The average molecular weight is 278 g/mol. The predicted molar refractivity (Wildman–Crippen MR) is 71.2 cm³/mol. The first-order valence-corrected chi connectivity index (χ1v) is 6.39. The first-order chi connectivity index (χ1) is 9.26. The molecule has 1 aromatic carbocycles. The van der Waals surface area contributed by atoms with Crippen LogP contribution in [0.2, 0.25) is 0 Å². The lowest BCUT2D eigenvalue weighted by atomic mass is 10.2. The van der Waals surface area contributed by atoms with Crippen molar-refractivity contribution in [2.24, 2.45) is 0 Å². The van der Waals surface area contributed by atoms with E-state index in [2.05, 4.69) is 4.98 Å². The van der Waals surface area contributed by atoms with Crippen molar-refractivity contribution in [2.45, 2.75) is 12.8 Å². The minimum Gasteiger partial charge on any atom is -0.454 e. The Labute approximate surface area is 115 Å². The van der Waals surface area contributed by atoms with Crippen LogP contribution in [0, 0.1) is 6.92 Å². The second-order valence-corrected chi connectivity index (χ2v) is 4.48. The van der Waals surface area contributed by atoms with Gasteiger partial charge in [-0.1, -0.05) is 0 Å². The molecule has 19 heavy (non-hydrogen) atoms. The zero-order chi connectivity index (χ0) is 13.2. The van der Waals surface area contributed by atoms with Crippen LogP contribution < -0.4 is 14.2 Å². The number of benzene rings is 1. The molecule has 98 valence electrons. The van der Waals surface area contributed by atoms with Crippen LogP contribution in [0.4, 0.5) is 0 Å². The van der Waals surface area contributed by atoms with E-state index in [4.69, 9.17) is 25.8 Å². The van der Waals surface area contributed by atoms with Crippen molar-refractivity contribution < 1.29 is 14.2 Å². The van der Waals surface area contributed by atoms with E-state index in [0.717, 1.165) is 16.9 Å². The Morgan fingerprint density at radius 2 is 2.11 bits per heavy atom. The summed E-state index contributed by atoms with van der Waals surface area (Å²) in [4.78, 5) is 4.26. The molecule has 0 amide bonds. The standard InChI is InChI=1S/C14H12ClNO3/c1-9-4-10(6-15)7-16-14(9)19-11-2-3-12-13(5-11)18-8-17-12/h2-5,7H,6,8H2,1H3. The Hall–Kier alpha value is -1.94. The summed E-state index contributed by atoms with van der Waals surface area (Å²) in [6.45, 7) is 2.19. The van der Waals surface area contributed by atoms with E-state index in [1.165, 1.54) is 0 Å². The summed E-state index contributed by atoms with van der Waals surface area (Å²) >= 11 is 5.76. The number of pyridine rings is 1. The highest BCUT2D eigenvalue weighted by molar-refractivity contribution is 6.17. The van der Waals surface area contributed by atoms with Crippen LogP contribution in [-0.2, 0) is 5.88 Å². The van der Waals surface area contributed by atoms with E-state index in [1.54, 1.807) is 12.3 Å². The van der Waals surface area contributed by atoms with E-state index < -0.39 is 0 Å². The van der Waals surface area contributed by atoms with Crippen LogP contribution in [0.3, 0.4) is 0 Å². The highest BCUT2D eigenvalue weighted by Gasteiger charge is 2.14. The summed E-state index contributed by atoms with van der Waals surface area (Å²) < 4.78 is 16.3. The van der Waals surface area contributed by atoms with Gasteiger partial charge in [0.15, 0.2) is 11.5 Å². The second-order valence-electron chi connectivity index (χ2n) is 4.22. The molecule has 4 nitrogen and oxygen atoms in total. The summed E-state index contributed by atoms with van der Waals surface area (Å²) in [5, 5.41) is 0. The molecule has 1 aromatic heterocycles. The molecule has 3 rings (SSSR count). The molecule has 1 aliphatic rings. The molecule has 0 spiro atoms. The van der Waals surface area contributed by atoms with Gasteiger partial charge in [0, 0.05) is 23.7 Å². The molecule has 0 unspecified atom stereocenters. The van der Waals surface area contributed by atoms with Crippen LogP contribution in [-0.4, -0.2) is 11.8 Å². The normalized spacial score (nSPS) is 12.5. The van der Waals surface area contributed by atoms with Gasteiger partial charge in [0.05, 0.1) is 0 Å². The molecular weight excluding hydrogens is 266 g/mol. The lowest BCUT2D eigenvalue weighted by molar-refractivity contribution is 0.174. The third-order valence-electron chi connectivity index (χ3n) is 2.80. The summed E-state index contributed by atoms with van der Waals surface area (Å²) in [6, 6.07) is 7.39. The number of aryl methyl sites for hydroxylation is 1. The monoisotopic (exact) mass is 277 g/mol. The van der Waals surface area contributed by atoms with Gasteiger partial charge in [0.25, 0.3) is 0 Å². The maximum absolute atomic E-state index is 5.76. The van der Waals surface area contributed by atoms with Crippen LogP contribution in [0.15, 0.2) is 30.5 Å². The van der Waals surface area contributed by atoms with Gasteiger partial charge >= 0.3 is 0 Å². The molecule has 0 fully saturated rings. The minimum atomic E-state index is 0.250. The number of rotatable bonds is 3. The molecule has 0 atom stereocenters. The van der Waals surface area contributed by atoms with Crippen LogP contribution in [0.5, 0.6) is 23.1 Å². The van der Waals surface area contributed by atoms with Gasteiger partial charge in [0.2, 0.25) is 12.7 Å². The fourth-order valence-corrected chi connectivity index (χ4v) is 2.00. The Kier molecular flexibility index (Phi) is 3.17. The minimum absolute atomic E-state index is 0.250. The van der Waals surface area contributed by atoms with Crippen LogP contribution in [0.1, 0.15) is 11.1 Å². The smallest absolute Gasteiger partial charge is 0.231 e. The summed E-state index contributed by atoms with van der Waals surface area (Å²) in [5.41, 5.74) is 1.91. The summed E-state index contributed by atoms with van der Waals surface area (Å²) in [5.74, 6) is 3.09. The zero-order valence-corrected chi connectivity index (χ0v) is 11.1. The molecule has 2 heterocycles. The molecule has 0 saturated heterocycles. The first kappa shape index (κ1) is 12.1. The highest BCUT2D eigenvalue weighted by atomic mass is 35.5. The van der Waals surface area contributed by atoms with Gasteiger partial charge in [-0.3, -0.25) is 0 Å². The second kappa shape index (κ2) is 4.97. The van der Waals surface area contributed by atoms with Crippen molar-refractivity contribution in [3.8, 4) is 23.1 Å². The quantitative estimate of drug-likeness (QED) is 0.803. The maximum Gasteiger partial charge on any atom is 0.231 e. The van der Waals surface area contributed by atoms with Crippen molar-refractivity contribution in [1.29, 1.82) is 0 Å². The number of aromatic nitrogens is 1. The average Bonchev–Trinajstić information content (AvgIpc) is 2.88. The van der Waals surface area contributed by atoms with Gasteiger partial charge in [0.1, 0.15) is 5.75 Å². The number of fused-ring (bicyclic) bond motifs is 1. The molecule has 1 aliphatic heterocycles. The number of halogens is 1. The summed E-state index contributed by atoms with van der Waals surface area (Å²) in [6.07, 6.45) is 1.71. The number of alkyl halides is 1. The third-order valence-corrected chi connectivity index (χ3v) is 3.11. The summed E-state index contributed by atoms with van der Waals surface area (Å²) in [7, 11) is 0. The molecule has 2 aromatic rings. The van der Waals surface area contributed by atoms with Crippen LogP contribution in [0.25, 0.3) is 0 Å². The molecule has 0 saturated carbocycles. The lowest BCUT2D eigenvalue weighted by Crippen LogP contribution is -1.93. The van der Waals surface area contributed by atoms with Gasteiger partial charge in [-0.2, -0.15) is 0 Å². The molecule has 0 aliphatic carbocycles. The fourth-order valence-electron chi connectivity index (χ4n) is 1.85. The Bertz CT molecular complexity index is 616. The first-order valence-electron chi connectivity index (χ1n) is 5.85. The zero-order valence-electron chi connectivity index (χ0n) is 10.4. The Morgan fingerprint density at radius 3 is 2.89 bits per heavy atom. The van der Waals surface area contributed by atoms with Crippen molar-refractivity contribution in [3.05, 3.63) is 41.6 Å².